The quantitative estimate of drug-likeness (QED) is 0.796. The van der Waals surface area contributed by atoms with Crippen molar-refractivity contribution in [2.45, 2.75) is 32.9 Å². The molecule has 5 heteroatoms. The van der Waals surface area contributed by atoms with E-state index >= 15 is 0 Å². The first-order valence-electron chi connectivity index (χ1n) is 5.51. The SMILES string of the molecule is CC(C)(C)n1cnc2nccc(CN)c2c1=O. The van der Waals surface area contributed by atoms with Gasteiger partial charge in [-0.3, -0.25) is 9.36 Å². The van der Waals surface area contributed by atoms with E-state index in [1.165, 1.54) is 6.33 Å². The van der Waals surface area contributed by atoms with Crippen LogP contribution < -0.4 is 11.3 Å². The van der Waals surface area contributed by atoms with Crippen molar-refractivity contribution >= 4 is 11.0 Å². The summed E-state index contributed by atoms with van der Waals surface area (Å²) in [5.41, 5.74) is 6.49. The summed E-state index contributed by atoms with van der Waals surface area (Å²) in [6, 6.07) is 1.76. The maximum atomic E-state index is 12.4. The van der Waals surface area contributed by atoms with E-state index in [1.54, 1.807) is 16.8 Å². The van der Waals surface area contributed by atoms with Crippen LogP contribution in [0.25, 0.3) is 11.0 Å². The van der Waals surface area contributed by atoms with Crippen molar-refractivity contribution < 1.29 is 0 Å². The molecule has 0 aliphatic rings. The molecule has 2 N–H and O–H groups in total. The molecule has 0 spiro atoms. The van der Waals surface area contributed by atoms with Crippen LogP contribution in [0.3, 0.4) is 0 Å². The van der Waals surface area contributed by atoms with Crippen molar-refractivity contribution in [3.05, 3.63) is 34.5 Å². The highest BCUT2D eigenvalue weighted by molar-refractivity contribution is 5.77. The summed E-state index contributed by atoms with van der Waals surface area (Å²) in [6.45, 7) is 6.19. The minimum absolute atomic E-state index is 0.0870. The second-order valence-electron chi connectivity index (χ2n) is 4.96. The van der Waals surface area contributed by atoms with Crippen molar-refractivity contribution in [3.8, 4) is 0 Å². The third kappa shape index (κ3) is 1.93. The number of pyridine rings is 1. The third-order valence-electron chi connectivity index (χ3n) is 2.69. The maximum Gasteiger partial charge on any atom is 0.263 e. The number of nitrogens with two attached hydrogens (primary N) is 1. The Labute approximate surface area is 99.3 Å². The molecule has 17 heavy (non-hydrogen) atoms. The molecule has 0 aromatic carbocycles. The highest BCUT2D eigenvalue weighted by Gasteiger charge is 2.17. The van der Waals surface area contributed by atoms with Gasteiger partial charge in [-0.25, -0.2) is 9.97 Å². The topological polar surface area (TPSA) is 73.8 Å². The summed E-state index contributed by atoms with van der Waals surface area (Å²) in [5.74, 6) is 0. The van der Waals surface area contributed by atoms with Gasteiger partial charge in [0.1, 0.15) is 6.33 Å². The van der Waals surface area contributed by atoms with Crippen LogP contribution in [0.15, 0.2) is 23.4 Å². The average molecular weight is 232 g/mol. The van der Waals surface area contributed by atoms with Gasteiger partial charge in [0.2, 0.25) is 0 Å². The normalized spacial score (nSPS) is 12.0. The Balaban J connectivity index is 2.88. The molecule has 0 radical (unpaired) electrons. The lowest BCUT2D eigenvalue weighted by Gasteiger charge is -2.22. The van der Waals surface area contributed by atoms with Crippen LogP contribution >= 0.6 is 0 Å². The molecule has 0 fully saturated rings. The van der Waals surface area contributed by atoms with E-state index in [0.29, 0.717) is 17.6 Å². The van der Waals surface area contributed by atoms with Crippen LogP contribution in [0.2, 0.25) is 0 Å². The molecular weight excluding hydrogens is 216 g/mol. The fraction of sp³-hybridized carbons (Fsp3) is 0.417. The van der Waals surface area contributed by atoms with Gasteiger partial charge in [-0.2, -0.15) is 0 Å². The largest absolute Gasteiger partial charge is 0.326 e. The maximum absolute atomic E-state index is 12.4. The molecule has 90 valence electrons. The first-order valence-corrected chi connectivity index (χ1v) is 5.51. The molecule has 2 aromatic rings. The van der Waals surface area contributed by atoms with E-state index in [1.807, 2.05) is 20.8 Å². The van der Waals surface area contributed by atoms with Crippen LogP contribution in [-0.2, 0) is 12.1 Å². The molecule has 0 saturated heterocycles. The van der Waals surface area contributed by atoms with Gasteiger partial charge in [0.25, 0.3) is 5.56 Å². The molecule has 0 unspecified atom stereocenters. The van der Waals surface area contributed by atoms with E-state index < -0.39 is 0 Å². The van der Waals surface area contributed by atoms with E-state index in [9.17, 15) is 4.79 Å². The van der Waals surface area contributed by atoms with Gasteiger partial charge in [0.15, 0.2) is 5.65 Å². The molecule has 2 aromatic heterocycles. The smallest absolute Gasteiger partial charge is 0.263 e. The molecule has 2 rings (SSSR count). The van der Waals surface area contributed by atoms with Crippen LogP contribution in [-0.4, -0.2) is 14.5 Å². The minimum Gasteiger partial charge on any atom is -0.326 e. The minimum atomic E-state index is -0.306. The van der Waals surface area contributed by atoms with Crippen LogP contribution in [0.1, 0.15) is 26.3 Å². The Morgan fingerprint density at radius 2 is 2.06 bits per heavy atom. The summed E-state index contributed by atoms with van der Waals surface area (Å²) in [4.78, 5) is 20.7. The van der Waals surface area contributed by atoms with Crippen molar-refractivity contribution in [1.82, 2.24) is 14.5 Å². The lowest BCUT2D eigenvalue weighted by Crippen LogP contribution is -2.34. The first kappa shape index (κ1) is 11.7. The molecular formula is C12H16N4O. The molecule has 0 atom stereocenters. The number of aromatic nitrogens is 3. The monoisotopic (exact) mass is 232 g/mol. The van der Waals surface area contributed by atoms with Crippen LogP contribution in [0.5, 0.6) is 0 Å². The fourth-order valence-corrected chi connectivity index (χ4v) is 1.75. The molecule has 0 saturated carbocycles. The summed E-state index contributed by atoms with van der Waals surface area (Å²) in [6.07, 6.45) is 3.16. The summed E-state index contributed by atoms with van der Waals surface area (Å²) in [7, 11) is 0. The predicted octanol–water partition coefficient (Wildman–Crippen LogP) is 1.01. The van der Waals surface area contributed by atoms with E-state index in [-0.39, 0.29) is 11.1 Å². The predicted molar refractivity (Wildman–Crippen MR) is 66.7 cm³/mol. The summed E-state index contributed by atoms with van der Waals surface area (Å²) in [5, 5.41) is 0.521. The zero-order valence-electron chi connectivity index (χ0n) is 10.3. The summed E-state index contributed by atoms with van der Waals surface area (Å²) < 4.78 is 1.61. The van der Waals surface area contributed by atoms with Gasteiger partial charge < -0.3 is 5.73 Å². The molecule has 0 bridgehead atoms. The lowest BCUT2D eigenvalue weighted by atomic mass is 10.1. The molecule has 0 aliphatic carbocycles. The van der Waals surface area contributed by atoms with Gasteiger partial charge >= 0.3 is 0 Å². The van der Waals surface area contributed by atoms with Crippen LogP contribution in [0.4, 0.5) is 0 Å². The second-order valence-corrected chi connectivity index (χ2v) is 4.96. The third-order valence-corrected chi connectivity index (χ3v) is 2.69. The number of fused-ring (bicyclic) bond motifs is 1. The van der Waals surface area contributed by atoms with Crippen molar-refractivity contribution in [1.29, 1.82) is 0 Å². The number of hydrogen-bond donors (Lipinski definition) is 1. The Morgan fingerprint density at radius 1 is 1.35 bits per heavy atom. The number of nitrogens with zero attached hydrogens (tertiary/aromatic N) is 3. The summed E-state index contributed by atoms with van der Waals surface area (Å²) >= 11 is 0. The molecule has 5 nitrogen and oxygen atoms in total. The standard InChI is InChI=1S/C12H16N4O/c1-12(2,3)16-7-15-10-9(11(16)17)8(6-13)4-5-14-10/h4-5,7H,6,13H2,1-3H3. The average Bonchev–Trinajstić information content (AvgIpc) is 2.27. The van der Waals surface area contributed by atoms with Gasteiger partial charge in [0.05, 0.1) is 5.39 Å². The van der Waals surface area contributed by atoms with E-state index in [2.05, 4.69) is 9.97 Å². The van der Waals surface area contributed by atoms with Crippen molar-refractivity contribution in [2.24, 2.45) is 5.73 Å². The van der Waals surface area contributed by atoms with Crippen LogP contribution in [0, 0.1) is 0 Å². The van der Waals surface area contributed by atoms with Gasteiger partial charge in [0, 0.05) is 18.3 Å². The zero-order chi connectivity index (χ0) is 12.6. The second kappa shape index (κ2) is 3.92. The highest BCUT2D eigenvalue weighted by Crippen LogP contribution is 2.14. The first-order chi connectivity index (χ1) is 7.95. The highest BCUT2D eigenvalue weighted by atomic mass is 16.1. The Kier molecular flexibility index (Phi) is 2.71. The molecule has 2 heterocycles. The number of hydrogen-bond acceptors (Lipinski definition) is 4. The van der Waals surface area contributed by atoms with E-state index in [0.717, 1.165) is 5.56 Å². The number of rotatable bonds is 1. The van der Waals surface area contributed by atoms with Crippen molar-refractivity contribution in [2.75, 3.05) is 0 Å². The van der Waals surface area contributed by atoms with Crippen molar-refractivity contribution in [3.63, 3.8) is 0 Å². The molecule has 0 amide bonds. The zero-order valence-corrected chi connectivity index (χ0v) is 10.3. The van der Waals surface area contributed by atoms with E-state index in [4.69, 9.17) is 5.73 Å². The Morgan fingerprint density at radius 3 is 2.65 bits per heavy atom. The fourth-order valence-electron chi connectivity index (χ4n) is 1.75. The van der Waals surface area contributed by atoms with Gasteiger partial charge in [-0.05, 0) is 32.4 Å². The van der Waals surface area contributed by atoms with Gasteiger partial charge in [-0.15, -0.1) is 0 Å². The lowest BCUT2D eigenvalue weighted by molar-refractivity contribution is 0.381. The van der Waals surface area contributed by atoms with Gasteiger partial charge in [-0.1, -0.05) is 0 Å². The molecule has 0 aliphatic heterocycles. The Bertz CT molecular complexity index is 610. The Hall–Kier alpha value is -1.75.